The van der Waals surface area contributed by atoms with Crippen molar-refractivity contribution < 1.29 is 9.53 Å². The largest absolute Gasteiger partial charge is 0.367 e. The molecule has 0 spiro atoms. The van der Waals surface area contributed by atoms with Crippen molar-refractivity contribution in [2.24, 2.45) is 5.73 Å². The predicted molar refractivity (Wildman–Crippen MR) is 34.5 cm³/mol. The highest BCUT2D eigenvalue weighted by atomic mass is 16.5. The van der Waals surface area contributed by atoms with Gasteiger partial charge in [0, 0.05) is 6.61 Å². The van der Waals surface area contributed by atoms with Crippen molar-refractivity contribution >= 4 is 5.94 Å². The first-order chi connectivity index (χ1) is 4.41. The fourth-order valence-electron chi connectivity index (χ4n) is 0.430. The molecule has 0 amide bonds. The van der Waals surface area contributed by atoms with Gasteiger partial charge in [-0.1, -0.05) is 0 Å². The number of hydrogen-bond donors (Lipinski definition) is 1. The highest BCUT2D eigenvalue weighted by Gasteiger charge is 1.82. The molecule has 0 aliphatic carbocycles. The molecule has 0 fully saturated rings. The van der Waals surface area contributed by atoms with E-state index >= 15 is 0 Å². The summed E-state index contributed by atoms with van der Waals surface area (Å²) in [4.78, 5) is 9.59. The van der Waals surface area contributed by atoms with Crippen LogP contribution in [0.1, 0.15) is 12.8 Å². The minimum absolute atomic E-state index is 0.255. The zero-order chi connectivity index (χ0) is 6.95. The second-order valence-corrected chi connectivity index (χ2v) is 1.54. The third kappa shape index (κ3) is 7.37. The maximum Gasteiger partial charge on any atom is 0.120 e. The van der Waals surface area contributed by atoms with Crippen molar-refractivity contribution in [3.05, 3.63) is 6.08 Å². The normalized spacial score (nSPS) is 8.56. The molecule has 0 rings (SSSR count). The van der Waals surface area contributed by atoms with Crippen LogP contribution in [0, 0.1) is 0 Å². The van der Waals surface area contributed by atoms with Gasteiger partial charge in [-0.3, -0.25) is 0 Å². The van der Waals surface area contributed by atoms with Gasteiger partial charge >= 0.3 is 0 Å². The molecule has 3 nitrogen and oxygen atoms in total. The lowest BCUT2D eigenvalue weighted by atomic mass is 10.3. The molecule has 0 saturated carbocycles. The van der Waals surface area contributed by atoms with Gasteiger partial charge in [0.15, 0.2) is 0 Å². The lowest BCUT2D eigenvalue weighted by Gasteiger charge is -1.95. The smallest absolute Gasteiger partial charge is 0.120 e. The Morgan fingerprint density at radius 1 is 1.67 bits per heavy atom. The second-order valence-electron chi connectivity index (χ2n) is 1.54. The Balaban J connectivity index is 2.82. The number of nitrogens with two attached hydrogens (primary N) is 1. The maximum absolute atomic E-state index is 9.59. The molecule has 0 aliphatic heterocycles. The summed E-state index contributed by atoms with van der Waals surface area (Å²) in [7, 11) is 0. The average Bonchev–Trinajstić information content (AvgIpc) is 1.89. The van der Waals surface area contributed by atoms with E-state index in [1.807, 2.05) is 0 Å². The van der Waals surface area contributed by atoms with Crippen LogP contribution in [-0.2, 0) is 9.53 Å². The van der Waals surface area contributed by atoms with Crippen molar-refractivity contribution in [3.63, 3.8) is 0 Å². The van der Waals surface area contributed by atoms with Gasteiger partial charge < -0.3 is 10.5 Å². The number of ether oxygens (including phenoxy) is 1. The molecule has 9 heavy (non-hydrogen) atoms. The fraction of sp³-hybridized carbons (Fsp3) is 0.667. The van der Waals surface area contributed by atoms with Crippen LogP contribution in [0.15, 0.2) is 6.08 Å². The van der Waals surface area contributed by atoms with Crippen LogP contribution in [0.5, 0.6) is 0 Å². The summed E-state index contributed by atoms with van der Waals surface area (Å²) in [5.74, 6) is 1.68. The van der Waals surface area contributed by atoms with Gasteiger partial charge in [0.25, 0.3) is 0 Å². The van der Waals surface area contributed by atoms with Crippen molar-refractivity contribution in [1.29, 1.82) is 0 Å². The second kappa shape index (κ2) is 7.37. The molecule has 0 atom stereocenters. The summed E-state index contributed by atoms with van der Waals surface area (Å²) in [6.45, 7) is 0.874. The standard InChI is InChI=1S/C6H11NO2/c7-6-9-5-3-1-2-4-8/h2H,1,3,5-7H2. The summed E-state index contributed by atoms with van der Waals surface area (Å²) >= 11 is 0. The number of unbranched alkanes of at least 4 members (excludes halogenated alkanes) is 1. The summed E-state index contributed by atoms with van der Waals surface area (Å²) in [5.41, 5.74) is 5.03. The lowest BCUT2D eigenvalue weighted by Crippen LogP contribution is -2.04. The Hall–Kier alpha value is -0.630. The third-order valence-corrected chi connectivity index (χ3v) is 0.838. The molecule has 3 heteroatoms. The van der Waals surface area contributed by atoms with E-state index < -0.39 is 0 Å². The molecule has 0 bridgehead atoms. The van der Waals surface area contributed by atoms with Gasteiger partial charge in [-0.2, -0.15) is 0 Å². The van der Waals surface area contributed by atoms with Gasteiger partial charge in [0.05, 0.1) is 6.73 Å². The van der Waals surface area contributed by atoms with Crippen LogP contribution in [-0.4, -0.2) is 19.3 Å². The number of allylic oxidation sites excluding steroid dienone is 1. The van der Waals surface area contributed by atoms with Crippen LogP contribution in [0.2, 0.25) is 0 Å². The predicted octanol–water partition coefficient (Wildman–Crippen LogP) is 0.0872. The summed E-state index contributed by atoms with van der Waals surface area (Å²) < 4.78 is 4.81. The first kappa shape index (κ1) is 8.37. The molecular weight excluding hydrogens is 118 g/mol. The molecule has 2 N–H and O–H groups in total. The molecule has 0 radical (unpaired) electrons. The van der Waals surface area contributed by atoms with Crippen LogP contribution in [0.3, 0.4) is 0 Å². The van der Waals surface area contributed by atoms with E-state index in [-0.39, 0.29) is 6.73 Å². The Morgan fingerprint density at radius 2 is 2.44 bits per heavy atom. The highest BCUT2D eigenvalue weighted by Crippen LogP contribution is 1.87. The van der Waals surface area contributed by atoms with E-state index in [9.17, 15) is 4.79 Å². The van der Waals surface area contributed by atoms with Crippen LogP contribution >= 0.6 is 0 Å². The van der Waals surface area contributed by atoms with Crippen molar-refractivity contribution in [2.75, 3.05) is 13.3 Å². The first-order valence-electron chi connectivity index (χ1n) is 2.89. The molecule has 0 aromatic rings. The van der Waals surface area contributed by atoms with Crippen molar-refractivity contribution in [2.45, 2.75) is 12.8 Å². The monoisotopic (exact) mass is 129 g/mol. The minimum Gasteiger partial charge on any atom is -0.367 e. The molecule has 52 valence electrons. The number of rotatable bonds is 5. The maximum atomic E-state index is 9.59. The SMILES string of the molecule is NCOCCCC=C=O. The van der Waals surface area contributed by atoms with Gasteiger partial charge in [-0.15, -0.1) is 0 Å². The average molecular weight is 129 g/mol. The number of carbonyl (C=O) groups excluding carboxylic acids is 1. The topological polar surface area (TPSA) is 52.3 Å². The van der Waals surface area contributed by atoms with Crippen LogP contribution in [0.25, 0.3) is 0 Å². The molecule has 0 aromatic heterocycles. The Labute approximate surface area is 54.5 Å². The van der Waals surface area contributed by atoms with Gasteiger partial charge in [-0.25, -0.2) is 4.79 Å². The van der Waals surface area contributed by atoms with E-state index in [1.165, 1.54) is 6.08 Å². The van der Waals surface area contributed by atoms with Gasteiger partial charge in [-0.05, 0) is 18.9 Å². The van der Waals surface area contributed by atoms with E-state index in [4.69, 9.17) is 10.5 Å². The molecule has 0 aliphatic rings. The third-order valence-electron chi connectivity index (χ3n) is 0.838. The summed E-state index contributed by atoms with van der Waals surface area (Å²) in [6, 6.07) is 0. The van der Waals surface area contributed by atoms with Gasteiger partial charge in [0.1, 0.15) is 5.94 Å². The zero-order valence-electron chi connectivity index (χ0n) is 5.30. The van der Waals surface area contributed by atoms with Gasteiger partial charge in [0.2, 0.25) is 0 Å². The molecular formula is C6H11NO2. The minimum atomic E-state index is 0.255. The fourth-order valence-corrected chi connectivity index (χ4v) is 0.430. The van der Waals surface area contributed by atoms with E-state index in [2.05, 4.69) is 0 Å². The lowest BCUT2D eigenvalue weighted by molar-refractivity contribution is 0.139. The first-order valence-corrected chi connectivity index (χ1v) is 2.89. The molecule has 0 saturated heterocycles. The molecule has 0 unspecified atom stereocenters. The summed E-state index contributed by atoms with van der Waals surface area (Å²) in [6.07, 6.45) is 3.01. The van der Waals surface area contributed by atoms with E-state index in [1.54, 1.807) is 5.94 Å². The molecule has 0 heterocycles. The highest BCUT2D eigenvalue weighted by molar-refractivity contribution is 5.44. The number of hydrogen-bond acceptors (Lipinski definition) is 3. The van der Waals surface area contributed by atoms with Crippen LogP contribution in [0.4, 0.5) is 0 Å². The van der Waals surface area contributed by atoms with E-state index in [0.717, 1.165) is 12.8 Å². The van der Waals surface area contributed by atoms with Crippen molar-refractivity contribution in [3.8, 4) is 0 Å². The van der Waals surface area contributed by atoms with Crippen LogP contribution < -0.4 is 5.73 Å². The van der Waals surface area contributed by atoms with E-state index in [0.29, 0.717) is 6.61 Å². The Kier molecular flexibility index (Phi) is 6.85. The zero-order valence-corrected chi connectivity index (χ0v) is 5.30. The quantitative estimate of drug-likeness (QED) is 0.325. The van der Waals surface area contributed by atoms with Crippen molar-refractivity contribution in [1.82, 2.24) is 0 Å². The summed E-state index contributed by atoms with van der Waals surface area (Å²) in [5, 5.41) is 0. The Bertz CT molecular complexity index is 97.2. The Morgan fingerprint density at radius 3 is 3.00 bits per heavy atom. The molecule has 0 aromatic carbocycles.